The van der Waals surface area contributed by atoms with Crippen LogP contribution in [0.3, 0.4) is 0 Å². The Morgan fingerprint density at radius 3 is 2.04 bits per heavy atom. The molecule has 0 atom stereocenters. The fraction of sp³-hybridized carbons (Fsp3) is 0.350. The Hall–Kier alpha value is -2.17. The van der Waals surface area contributed by atoms with Crippen molar-refractivity contribution in [2.24, 2.45) is 0 Å². The highest BCUT2D eigenvalue weighted by Gasteiger charge is 2.14. The van der Waals surface area contributed by atoms with Crippen LogP contribution >= 0.6 is 0 Å². The van der Waals surface area contributed by atoms with Crippen LogP contribution in [0.2, 0.25) is 0 Å². The van der Waals surface area contributed by atoms with Crippen LogP contribution in [0.4, 0.5) is 0 Å². The zero-order valence-corrected chi connectivity index (χ0v) is 14.1. The molecule has 4 heteroatoms. The fourth-order valence-electron chi connectivity index (χ4n) is 2.58. The minimum absolute atomic E-state index is 0.0835. The van der Waals surface area contributed by atoms with Gasteiger partial charge in [0.25, 0.3) is 0 Å². The van der Waals surface area contributed by atoms with E-state index in [-0.39, 0.29) is 12.5 Å². The Morgan fingerprint density at radius 2 is 1.54 bits per heavy atom. The molecule has 2 rings (SSSR count). The SMILES string of the molecule is CN(CCCC(=O)O)CCOC(c1ccccc1)c1ccccc1. The van der Waals surface area contributed by atoms with E-state index in [1.165, 1.54) is 0 Å². The van der Waals surface area contributed by atoms with Crippen molar-refractivity contribution >= 4 is 5.97 Å². The standard InChI is InChI=1S/C20H25NO3/c1-21(14-8-13-19(22)23)15-16-24-20(17-9-4-2-5-10-17)18-11-6-3-7-12-18/h2-7,9-12,20H,8,13-16H2,1H3,(H,22,23). The van der Waals surface area contributed by atoms with E-state index in [4.69, 9.17) is 9.84 Å². The van der Waals surface area contributed by atoms with E-state index in [2.05, 4.69) is 29.2 Å². The summed E-state index contributed by atoms with van der Waals surface area (Å²) in [5.74, 6) is -0.743. The summed E-state index contributed by atoms with van der Waals surface area (Å²) in [5, 5.41) is 8.68. The summed E-state index contributed by atoms with van der Waals surface area (Å²) in [6.45, 7) is 2.13. The highest BCUT2D eigenvalue weighted by molar-refractivity contribution is 5.66. The zero-order chi connectivity index (χ0) is 17.2. The molecule has 0 heterocycles. The molecule has 0 aliphatic rings. The van der Waals surface area contributed by atoms with Gasteiger partial charge in [-0.2, -0.15) is 0 Å². The lowest BCUT2D eigenvalue weighted by molar-refractivity contribution is -0.137. The van der Waals surface area contributed by atoms with E-state index in [0.717, 1.165) is 24.2 Å². The third-order valence-corrected chi connectivity index (χ3v) is 3.89. The predicted octanol–water partition coefficient (Wildman–Crippen LogP) is 3.59. The van der Waals surface area contributed by atoms with Crippen LogP contribution in [-0.2, 0) is 9.53 Å². The van der Waals surface area contributed by atoms with E-state index in [1.807, 2.05) is 43.4 Å². The van der Waals surface area contributed by atoms with Gasteiger partial charge in [-0.3, -0.25) is 4.79 Å². The maximum Gasteiger partial charge on any atom is 0.303 e. The molecule has 0 aliphatic heterocycles. The Labute approximate surface area is 143 Å². The number of carboxylic acids is 1. The molecule has 0 unspecified atom stereocenters. The Balaban J connectivity index is 1.89. The van der Waals surface area contributed by atoms with Crippen molar-refractivity contribution in [2.45, 2.75) is 18.9 Å². The maximum atomic E-state index is 10.6. The van der Waals surface area contributed by atoms with E-state index in [1.54, 1.807) is 0 Å². The number of nitrogens with zero attached hydrogens (tertiary/aromatic N) is 1. The molecule has 0 saturated carbocycles. The highest BCUT2D eigenvalue weighted by atomic mass is 16.5. The van der Waals surface area contributed by atoms with Gasteiger partial charge >= 0.3 is 5.97 Å². The largest absolute Gasteiger partial charge is 0.481 e. The molecule has 4 nitrogen and oxygen atoms in total. The maximum absolute atomic E-state index is 10.6. The normalized spacial score (nSPS) is 11.1. The lowest BCUT2D eigenvalue weighted by Gasteiger charge is -2.21. The first-order chi connectivity index (χ1) is 11.7. The molecule has 2 aromatic rings. The Morgan fingerprint density at radius 1 is 1.00 bits per heavy atom. The van der Waals surface area contributed by atoms with Crippen LogP contribution in [-0.4, -0.2) is 42.7 Å². The second kappa shape index (κ2) is 9.85. The second-order valence-electron chi connectivity index (χ2n) is 5.87. The number of carbonyl (C=O) groups is 1. The van der Waals surface area contributed by atoms with Gasteiger partial charge in [0.05, 0.1) is 6.61 Å². The fourth-order valence-corrected chi connectivity index (χ4v) is 2.58. The number of likely N-dealkylation sites (N-methyl/N-ethyl adjacent to an activating group) is 1. The quantitative estimate of drug-likeness (QED) is 0.724. The summed E-state index contributed by atoms with van der Waals surface area (Å²) in [6, 6.07) is 20.4. The monoisotopic (exact) mass is 327 g/mol. The van der Waals surface area contributed by atoms with Crippen LogP contribution in [0.5, 0.6) is 0 Å². The van der Waals surface area contributed by atoms with E-state index in [0.29, 0.717) is 13.0 Å². The minimum atomic E-state index is -0.743. The smallest absolute Gasteiger partial charge is 0.303 e. The molecule has 1 N–H and O–H groups in total. The van der Waals surface area contributed by atoms with Crippen LogP contribution in [0, 0.1) is 0 Å². The minimum Gasteiger partial charge on any atom is -0.481 e. The average Bonchev–Trinajstić information content (AvgIpc) is 2.60. The van der Waals surface area contributed by atoms with Gasteiger partial charge < -0.3 is 14.7 Å². The first-order valence-electron chi connectivity index (χ1n) is 8.28. The number of hydrogen-bond donors (Lipinski definition) is 1. The molecule has 0 aliphatic carbocycles. The van der Waals surface area contributed by atoms with Gasteiger partial charge in [-0.05, 0) is 31.1 Å². The molecule has 0 bridgehead atoms. The summed E-state index contributed by atoms with van der Waals surface area (Å²) in [5.41, 5.74) is 2.27. The number of aliphatic carboxylic acids is 1. The number of benzene rings is 2. The first-order valence-corrected chi connectivity index (χ1v) is 8.28. The van der Waals surface area contributed by atoms with Crippen LogP contribution in [0.25, 0.3) is 0 Å². The third-order valence-electron chi connectivity index (χ3n) is 3.89. The number of rotatable bonds is 10. The predicted molar refractivity (Wildman–Crippen MR) is 95.0 cm³/mol. The van der Waals surface area contributed by atoms with Gasteiger partial charge in [0, 0.05) is 13.0 Å². The van der Waals surface area contributed by atoms with E-state index in [9.17, 15) is 4.79 Å². The lowest BCUT2D eigenvalue weighted by Crippen LogP contribution is -2.25. The molecule has 0 spiro atoms. The Bertz CT molecular complexity index is 561. The van der Waals surface area contributed by atoms with Crippen LogP contribution in [0.15, 0.2) is 60.7 Å². The first kappa shape index (κ1) is 18.2. The molecule has 128 valence electrons. The van der Waals surface area contributed by atoms with Gasteiger partial charge in [0.1, 0.15) is 6.10 Å². The molecule has 0 fully saturated rings. The average molecular weight is 327 g/mol. The van der Waals surface area contributed by atoms with Crippen molar-refractivity contribution in [2.75, 3.05) is 26.7 Å². The van der Waals surface area contributed by atoms with E-state index < -0.39 is 5.97 Å². The van der Waals surface area contributed by atoms with Crippen molar-refractivity contribution in [3.8, 4) is 0 Å². The van der Waals surface area contributed by atoms with Crippen molar-refractivity contribution in [1.82, 2.24) is 4.90 Å². The van der Waals surface area contributed by atoms with Gasteiger partial charge in [0.15, 0.2) is 0 Å². The van der Waals surface area contributed by atoms with Gasteiger partial charge in [-0.1, -0.05) is 60.7 Å². The van der Waals surface area contributed by atoms with Crippen molar-refractivity contribution in [3.05, 3.63) is 71.8 Å². The zero-order valence-electron chi connectivity index (χ0n) is 14.1. The number of carboxylic acid groups (broad SMARTS) is 1. The summed E-state index contributed by atoms with van der Waals surface area (Å²) in [4.78, 5) is 12.7. The van der Waals surface area contributed by atoms with Crippen molar-refractivity contribution < 1.29 is 14.6 Å². The van der Waals surface area contributed by atoms with Gasteiger partial charge in [-0.25, -0.2) is 0 Å². The summed E-state index contributed by atoms with van der Waals surface area (Å²) < 4.78 is 6.15. The molecule has 0 amide bonds. The van der Waals surface area contributed by atoms with Crippen molar-refractivity contribution in [3.63, 3.8) is 0 Å². The molecular weight excluding hydrogens is 302 g/mol. The number of ether oxygens (including phenoxy) is 1. The van der Waals surface area contributed by atoms with E-state index >= 15 is 0 Å². The molecule has 24 heavy (non-hydrogen) atoms. The summed E-state index contributed by atoms with van der Waals surface area (Å²) in [6.07, 6.45) is 0.786. The summed E-state index contributed by atoms with van der Waals surface area (Å²) >= 11 is 0. The molecule has 0 radical (unpaired) electrons. The van der Waals surface area contributed by atoms with Crippen LogP contribution < -0.4 is 0 Å². The molecule has 0 aromatic heterocycles. The second-order valence-corrected chi connectivity index (χ2v) is 5.87. The highest BCUT2D eigenvalue weighted by Crippen LogP contribution is 2.25. The van der Waals surface area contributed by atoms with Crippen molar-refractivity contribution in [1.29, 1.82) is 0 Å². The van der Waals surface area contributed by atoms with Gasteiger partial charge in [0.2, 0.25) is 0 Å². The van der Waals surface area contributed by atoms with Gasteiger partial charge in [-0.15, -0.1) is 0 Å². The lowest BCUT2D eigenvalue weighted by atomic mass is 10.0. The molecule has 0 saturated heterocycles. The molecular formula is C20H25NO3. The third kappa shape index (κ3) is 6.14. The topological polar surface area (TPSA) is 49.8 Å². The Kier molecular flexibility index (Phi) is 7.46. The van der Waals surface area contributed by atoms with Crippen LogP contribution in [0.1, 0.15) is 30.1 Å². The summed E-state index contributed by atoms with van der Waals surface area (Å²) in [7, 11) is 1.99. The number of hydrogen-bond acceptors (Lipinski definition) is 3. The molecule has 2 aromatic carbocycles.